The predicted octanol–water partition coefficient (Wildman–Crippen LogP) is 5.13. The fraction of sp³-hybridized carbons (Fsp3) is 0.321. The zero-order valence-corrected chi connectivity index (χ0v) is 26.2. The van der Waals surface area contributed by atoms with Crippen molar-refractivity contribution < 1.29 is 23.7 Å². The van der Waals surface area contributed by atoms with Crippen LogP contribution in [0.4, 0.5) is 0 Å². The molecule has 0 amide bonds. The average Bonchev–Trinajstić information content (AvgIpc) is 3.18. The number of carbonyl (C=O) groups excluding carboxylic acids is 1. The molecule has 11 heteroatoms. The Morgan fingerprint density at radius 2 is 1.72 bits per heavy atom. The van der Waals surface area contributed by atoms with Gasteiger partial charge in [-0.1, -0.05) is 17.4 Å². The molecular weight excluding hydrogens is 652 g/mol. The van der Waals surface area contributed by atoms with Crippen molar-refractivity contribution in [1.82, 2.24) is 4.57 Å². The highest BCUT2D eigenvalue weighted by molar-refractivity contribution is 9.11. The molecule has 1 aromatic heterocycles. The van der Waals surface area contributed by atoms with Crippen LogP contribution < -0.4 is 29.1 Å². The van der Waals surface area contributed by atoms with E-state index < -0.39 is 12.0 Å². The van der Waals surface area contributed by atoms with Gasteiger partial charge in [0.15, 0.2) is 16.3 Å². The second-order valence-electron chi connectivity index (χ2n) is 8.39. The number of ether oxygens (including phenoxy) is 4. The van der Waals surface area contributed by atoms with E-state index in [4.69, 9.17) is 18.9 Å². The van der Waals surface area contributed by atoms with Gasteiger partial charge in [-0.3, -0.25) is 9.36 Å². The third-order valence-electron chi connectivity index (χ3n) is 5.92. The Hall–Kier alpha value is -2.89. The number of halogens is 2. The second kappa shape index (κ2) is 12.5. The Kier molecular flexibility index (Phi) is 9.35. The highest BCUT2D eigenvalue weighted by atomic mass is 79.9. The van der Waals surface area contributed by atoms with Gasteiger partial charge in [0, 0.05) is 0 Å². The summed E-state index contributed by atoms with van der Waals surface area (Å²) in [5.41, 5.74) is 2.00. The molecule has 3 aromatic rings. The molecule has 8 nitrogen and oxygen atoms in total. The van der Waals surface area contributed by atoms with E-state index >= 15 is 0 Å². The molecule has 39 heavy (non-hydrogen) atoms. The van der Waals surface area contributed by atoms with Crippen molar-refractivity contribution in [2.75, 3.05) is 26.9 Å². The van der Waals surface area contributed by atoms with Crippen molar-refractivity contribution in [3.8, 4) is 17.2 Å². The molecule has 0 saturated heterocycles. The first kappa shape index (κ1) is 29.1. The lowest BCUT2D eigenvalue weighted by Crippen LogP contribution is -2.40. The quantitative estimate of drug-likeness (QED) is 0.292. The van der Waals surface area contributed by atoms with Crippen LogP contribution in [0, 0.1) is 0 Å². The van der Waals surface area contributed by atoms with Gasteiger partial charge in [0.25, 0.3) is 5.56 Å². The Bertz CT molecular complexity index is 1600. The van der Waals surface area contributed by atoms with Crippen molar-refractivity contribution in [2.24, 2.45) is 4.99 Å². The first-order chi connectivity index (χ1) is 18.7. The monoisotopic (exact) mass is 678 g/mol. The largest absolute Gasteiger partial charge is 0.494 e. The molecule has 0 bridgehead atoms. The van der Waals surface area contributed by atoms with Gasteiger partial charge in [-0.25, -0.2) is 9.79 Å². The molecule has 0 aliphatic carbocycles. The van der Waals surface area contributed by atoms with E-state index in [9.17, 15) is 9.59 Å². The fourth-order valence-electron chi connectivity index (χ4n) is 4.35. The standard InChI is InChI=1S/C28H28Br2N2O6S/c1-6-36-20-10-9-17(14-21(20)37-7-2)24-23(27(34)38-8-3)15(4)31-28-32(24)26(33)22(39-28)13-16-11-18(29)25(35-5)19(30)12-16/h9-14,24H,6-8H2,1-5H3/b22-13-/t24-/m1/s1. The highest BCUT2D eigenvalue weighted by Crippen LogP contribution is 2.37. The molecule has 1 atom stereocenters. The average molecular weight is 680 g/mol. The van der Waals surface area contributed by atoms with Crippen LogP contribution >= 0.6 is 43.2 Å². The molecular formula is C28H28Br2N2O6S. The maximum absolute atomic E-state index is 13.9. The number of rotatable bonds is 9. The van der Waals surface area contributed by atoms with Crippen LogP contribution in [0.3, 0.4) is 0 Å². The molecule has 2 heterocycles. The van der Waals surface area contributed by atoms with Gasteiger partial charge in [0.05, 0.1) is 57.7 Å². The van der Waals surface area contributed by atoms with Crippen LogP contribution in [0.5, 0.6) is 17.2 Å². The van der Waals surface area contributed by atoms with Crippen molar-refractivity contribution in [1.29, 1.82) is 0 Å². The third kappa shape index (κ3) is 5.85. The summed E-state index contributed by atoms with van der Waals surface area (Å²) >= 11 is 8.29. The van der Waals surface area contributed by atoms with Gasteiger partial charge in [-0.2, -0.15) is 0 Å². The summed E-state index contributed by atoms with van der Waals surface area (Å²) in [7, 11) is 1.59. The number of allylic oxidation sites excluding steroid dienone is 1. The first-order valence-corrected chi connectivity index (χ1v) is 14.8. The van der Waals surface area contributed by atoms with E-state index in [1.165, 1.54) is 11.3 Å². The summed E-state index contributed by atoms with van der Waals surface area (Å²) in [5, 5.41) is 0. The van der Waals surface area contributed by atoms with Crippen molar-refractivity contribution in [3.63, 3.8) is 0 Å². The van der Waals surface area contributed by atoms with Crippen LogP contribution in [-0.2, 0) is 9.53 Å². The number of thiazole rings is 1. The van der Waals surface area contributed by atoms with E-state index in [2.05, 4.69) is 36.9 Å². The van der Waals surface area contributed by atoms with Gasteiger partial charge in [0.2, 0.25) is 0 Å². The minimum absolute atomic E-state index is 0.196. The Labute approximate surface area is 246 Å². The number of esters is 1. The number of hydrogen-bond acceptors (Lipinski definition) is 8. The van der Waals surface area contributed by atoms with Crippen molar-refractivity contribution in [2.45, 2.75) is 33.7 Å². The molecule has 2 aromatic carbocycles. The van der Waals surface area contributed by atoms with Crippen LogP contribution in [0.15, 0.2) is 60.3 Å². The SMILES string of the molecule is CCOC(=O)C1=C(C)N=c2s/c(=C\c3cc(Br)c(OC)c(Br)c3)c(=O)n2[C@@H]1c1ccc(OCC)c(OCC)c1. The first-order valence-electron chi connectivity index (χ1n) is 12.4. The molecule has 206 valence electrons. The number of carbonyl (C=O) groups is 1. The van der Waals surface area contributed by atoms with E-state index in [0.717, 1.165) is 14.5 Å². The van der Waals surface area contributed by atoms with Crippen molar-refractivity contribution >= 4 is 55.2 Å². The minimum atomic E-state index is -0.758. The topological polar surface area (TPSA) is 88.4 Å². The van der Waals surface area contributed by atoms with Crippen LogP contribution in [0.2, 0.25) is 0 Å². The highest BCUT2D eigenvalue weighted by Gasteiger charge is 2.34. The van der Waals surface area contributed by atoms with Gasteiger partial charge >= 0.3 is 5.97 Å². The second-order valence-corrected chi connectivity index (χ2v) is 11.1. The molecule has 0 spiro atoms. The maximum atomic E-state index is 13.9. The molecule has 0 radical (unpaired) electrons. The molecule has 4 rings (SSSR count). The van der Waals surface area contributed by atoms with Crippen LogP contribution in [0.25, 0.3) is 6.08 Å². The molecule has 0 N–H and O–H groups in total. The molecule has 0 saturated carbocycles. The number of aromatic nitrogens is 1. The Morgan fingerprint density at radius 3 is 2.33 bits per heavy atom. The van der Waals surface area contributed by atoms with Crippen molar-refractivity contribution in [3.05, 3.63) is 81.4 Å². The molecule has 0 unspecified atom stereocenters. The molecule has 0 fully saturated rings. The lowest BCUT2D eigenvalue weighted by molar-refractivity contribution is -0.139. The summed E-state index contributed by atoms with van der Waals surface area (Å²) < 4.78 is 25.9. The number of nitrogens with zero attached hydrogens (tertiary/aromatic N) is 2. The summed E-state index contributed by atoms with van der Waals surface area (Å²) in [6, 6.07) is 8.43. The summed E-state index contributed by atoms with van der Waals surface area (Å²) in [6.07, 6.45) is 1.79. The molecule has 1 aliphatic heterocycles. The summed E-state index contributed by atoms with van der Waals surface area (Å²) in [4.78, 5) is 32.2. The Balaban J connectivity index is 1.95. The van der Waals surface area contributed by atoms with Gasteiger partial charge in [-0.05, 0) is 101 Å². The maximum Gasteiger partial charge on any atom is 0.338 e. The van der Waals surface area contributed by atoms with E-state index in [0.29, 0.717) is 56.6 Å². The summed E-state index contributed by atoms with van der Waals surface area (Å²) in [6.45, 7) is 8.38. The lowest BCUT2D eigenvalue weighted by Gasteiger charge is -2.25. The number of methoxy groups -OCH3 is 1. The van der Waals surface area contributed by atoms with Crippen LogP contribution in [0.1, 0.15) is 44.9 Å². The Morgan fingerprint density at radius 1 is 1.05 bits per heavy atom. The van der Waals surface area contributed by atoms with E-state index in [1.54, 1.807) is 37.7 Å². The fourth-order valence-corrected chi connectivity index (χ4v) is 6.95. The third-order valence-corrected chi connectivity index (χ3v) is 8.08. The van der Waals surface area contributed by atoms with E-state index in [1.807, 2.05) is 38.1 Å². The predicted molar refractivity (Wildman–Crippen MR) is 158 cm³/mol. The molecule has 1 aliphatic rings. The smallest absolute Gasteiger partial charge is 0.338 e. The summed E-state index contributed by atoms with van der Waals surface area (Å²) in [5.74, 6) is 1.26. The van der Waals surface area contributed by atoms with Gasteiger partial charge < -0.3 is 18.9 Å². The van der Waals surface area contributed by atoms with Crippen LogP contribution in [-0.4, -0.2) is 37.5 Å². The normalized spacial score (nSPS) is 15.1. The number of benzene rings is 2. The number of fused-ring (bicyclic) bond motifs is 1. The zero-order valence-electron chi connectivity index (χ0n) is 22.2. The van der Waals surface area contributed by atoms with Gasteiger partial charge in [-0.15, -0.1) is 0 Å². The number of hydrogen-bond donors (Lipinski definition) is 0. The zero-order chi connectivity index (χ0) is 28.3. The lowest BCUT2D eigenvalue weighted by atomic mass is 9.95. The minimum Gasteiger partial charge on any atom is -0.494 e. The van der Waals surface area contributed by atoms with Gasteiger partial charge in [0.1, 0.15) is 5.75 Å². The van der Waals surface area contributed by atoms with E-state index in [-0.39, 0.29) is 12.2 Å².